The summed E-state index contributed by atoms with van der Waals surface area (Å²) in [6, 6.07) is 3.58. The molecular formula is C19H17N3O6S2. The van der Waals surface area contributed by atoms with E-state index in [2.05, 4.69) is 10.3 Å². The summed E-state index contributed by atoms with van der Waals surface area (Å²) in [6.07, 6.45) is -0.0906. The number of hydrogen-bond donors (Lipinski definition) is 4. The number of hydrogen-bond acceptors (Lipinski definition) is 8. The van der Waals surface area contributed by atoms with E-state index in [4.69, 9.17) is 0 Å². The summed E-state index contributed by atoms with van der Waals surface area (Å²) in [6.45, 7) is 1.67. The quantitative estimate of drug-likeness (QED) is 0.506. The van der Waals surface area contributed by atoms with E-state index >= 15 is 0 Å². The number of carboxylic acids is 1. The maximum atomic E-state index is 12.4. The van der Waals surface area contributed by atoms with E-state index in [9.17, 15) is 29.7 Å². The molecule has 11 heteroatoms. The lowest BCUT2D eigenvalue weighted by molar-refractivity contribution is -0.150. The molecule has 2 aromatic rings. The summed E-state index contributed by atoms with van der Waals surface area (Å²) in [5.41, 5.74) is 1.23. The Morgan fingerprint density at radius 2 is 2.00 bits per heavy atom. The van der Waals surface area contributed by atoms with Gasteiger partial charge in [0.15, 0.2) is 0 Å². The number of thiazole rings is 1. The Labute approximate surface area is 179 Å². The first-order valence-corrected chi connectivity index (χ1v) is 10.8. The molecule has 2 amide bonds. The van der Waals surface area contributed by atoms with Crippen molar-refractivity contribution in [3.63, 3.8) is 0 Å². The maximum Gasteiger partial charge on any atom is 0.352 e. The van der Waals surface area contributed by atoms with Gasteiger partial charge in [-0.05, 0) is 24.6 Å². The van der Waals surface area contributed by atoms with Gasteiger partial charge in [0.1, 0.15) is 33.6 Å². The average Bonchev–Trinajstić information content (AvgIpc) is 3.13. The van der Waals surface area contributed by atoms with E-state index in [1.165, 1.54) is 46.2 Å². The van der Waals surface area contributed by atoms with Crippen LogP contribution in [0.5, 0.6) is 11.5 Å². The predicted molar refractivity (Wildman–Crippen MR) is 110 cm³/mol. The molecule has 0 saturated carbocycles. The number of aromatic hydroxyl groups is 2. The van der Waals surface area contributed by atoms with Crippen LogP contribution in [0.25, 0.3) is 10.6 Å². The Hall–Kier alpha value is -3.05. The predicted octanol–water partition coefficient (Wildman–Crippen LogP) is 1.52. The lowest BCUT2D eigenvalue weighted by atomic mass is 10.0. The fourth-order valence-corrected chi connectivity index (χ4v) is 5.59. The van der Waals surface area contributed by atoms with E-state index in [0.717, 1.165) is 0 Å². The molecule has 0 bridgehead atoms. The Morgan fingerprint density at radius 1 is 1.30 bits per heavy atom. The SMILES string of the molecule is CC1=C(C(=O)O)N2C(=O)[C@@H](NC(=O)Cc3csc(-c4c(O)cccc4O)n3)[C@H]2SC1. The van der Waals surface area contributed by atoms with Gasteiger partial charge in [-0.1, -0.05) is 6.07 Å². The average molecular weight is 447 g/mol. The largest absolute Gasteiger partial charge is 0.507 e. The fourth-order valence-electron chi connectivity index (χ4n) is 3.41. The first-order valence-electron chi connectivity index (χ1n) is 8.90. The second-order valence-corrected chi connectivity index (χ2v) is 8.84. The molecule has 1 saturated heterocycles. The number of amides is 2. The monoisotopic (exact) mass is 447 g/mol. The highest BCUT2D eigenvalue weighted by atomic mass is 32.2. The van der Waals surface area contributed by atoms with Gasteiger partial charge in [-0.15, -0.1) is 23.1 Å². The minimum absolute atomic E-state index is 0.0131. The standard InChI is InChI=1S/C19H17N3O6S2/c1-8-6-30-18-14(17(26)22(18)15(8)19(27)28)21-12(25)5-9-7-29-16(20-9)13-10(23)3-2-4-11(13)24/h2-4,7,14,18,23-24H,5-6H2,1H3,(H,21,25)(H,27,28)/t14-,18-/m1/s1. The van der Waals surface area contributed by atoms with Crippen LogP contribution in [-0.4, -0.2) is 60.2 Å². The molecule has 2 aliphatic heterocycles. The molecule has 2 atom stereocenters. The summed E-state index contributed by atoms with van der Waals surface area (Å²) < 4.78 is 0. The summed E-state index contributed by atoms with van der Waals surface area (Å²) in [4.78, 5) is 41.8. The van der Waals surface area contributed by atoms with Gasteiger partial charge in [-0.3, -0.25) is 14.5 Å². The third-order valence-electron chi connectivity index (χ3n) is 4.81. The number of aromatic nitrogens is 1. The minimum Gasteiger partial charge on any atom is -0.507 e. The zero-order chi connectivity index (χ0) is 21.6. The highest BCUT2D eigenvalue weighted by Crippen LogP contribution is 2.40. The van der Waals surface area contributed by atoms with Crippen LogP contribution < -0.4 is 5.32 Å². The molecule has 3 heterocycles. The number of rotatable bonds is 5. The lowest BCUT2D eigenvalue weighted by Gasteiger charge is -2.49. The molecule has 0 radical (unpaired) electrons. The van der Waals surface area contributed by atoms with Crippen molar-refractivity contribution in [1.29, 1.82) is 0 Å². The van der Waals surface area contributed by atoms with Crippen molar-refractivity contribution in [2.75, 3.05) is 5.75 Å². The molecule has 4 N–H and O–H groups in total. The van der Waals surface area contributed by atoms with Crippen molar-refractivity contribution >= 4 is 40.9 Å². The van der Waals surface area contributed by atoms with Crippen molar-refractivity contribution in [3.8, 4) is 22.1 Å². The number of thioether (sulfide) groups is 1. The van der Waals surface area contributed by atoms with E-state index in [-0.39, 0.29) is 29.2 Å². The van der Waals surface area contributed by atoms with Gasteiger partial charge in [0.2, 0.25) is 5.91 Å². The topological polar surface area (TPSA) is 140 Å². The first-order chi connectivity index (χ1) is 14.3. The van der Waals surface area contributed by atoms with E-state index < -0.39 is 29.2 Å². The Balaban J connectivity index is 1.43. The number of carbonyl (C=O) groups excluding carboxylic acids is 2. The molecule has 0 aliphatic carbocycles. The molecule has 0 unspecified atom stereocenters. The van der Waals surface area contributed by atoms with Gasteiger partial charge < -0.3 is 20.6 Å². The van der Waals surface area contributed by atoms with E-state index in [1.54, 1.807) is 12.3 Å². The zero-order valence-electron chi connectivity index (χ0n) is 15.7. The Kier molecular flexibility index (Phi) is 5.16. The zero-order valence-corrected chi connectivity index (χ0v) is 17.3. The van der Waals surface area contributed by atoms with Crippen molar-refractivity contribution < 1.29 is 29.7 Å². The smallest absolute Gasteiger partial charge is 0.352 e. The normalized spacial score (nSPS) is 20.6. The number of aliphatic carboxylic acids is 1. The molecule has 1 fully saturated rings. The molecule has 30 heavy (non-hydrogen) atoms. The number of nitrogens with zero attached hydrogens (tertiary/aromatic N) is 2. The van der Waals surface area contributed by atoms with Gasteiger partial charge in [-0.25, -0.2) is 9.78 Å². The summed E-state index contributed by atoms with van der Waals surface area (Å²) >= 11 is 2.58. The lowest BCUT2D eigenvalue weighted by Crippen LogP contribution is -2.70. The van der Waals surface area contributed by atoms with Crippen LogP contribution in [0.1, 0.15) is 12.6 Å². The number of carbonyl (C=O) groups is 3. The van der Waals surface area contributed by atoms with Gasteiger partial charge >= 0.3 is 5.97 Å². The van der Waals surface area contributed by atoms with E-state index in [1.807, 2.05) is 0 Å². The number of fused-ring (bicyclic) bond motifs is 1. The van der Waals surface area contributed by atoms with Gasteiger partial charge in [0.05, 0.1) is 17.7 Å². The van der Waals surface area contributed by atoms with Crippen molar-refractivity contribution in [1.82, 2.24) is 15.2 Å². The van der Waals surface area contributed by atoms with Gasteiger partial charge in [0.25, 0.3) is 5.91 Å². The third-order valence-corrected chi connectivity index (χ3v) is 7.14. The summed E-state index contributed by atoms with van der Waals surface area (Å²) in [5, 5.41) is 33.5. The van der Waals surface area contributed by atoms with Crippen molar-refractivity contribution in [2.24, 2.45) is 0 Å². The van der Waals surface area contributed by atoms with Crippen LogP contribution in [0.15, 0.2) is 34.8 Å². The molecule has 1 aromatic heterocycles. The minimum atomic E-state index is -1.15. The second kappa shape index (κ2) is 7.65. The highest BCUT2D eigenvalue weighted by molar-refractivity contribution is 8.00. The van der Waals surface area contributed by atoms with Crippen molar-refractivity contribution in [2.45, 2.75) is 24.8 Å². The Bertz CT molecular complexity index is 1080. The van der Waals surface area contributed by atoms with Crippen molar-refractivity contribution in [3.05, 3.63) is 40.5 Å². The molecular weight excluding hydrogens is 430 g/mol. The first kappa shape index (κ1) is 20.2. The molecule has 9 nitrogen and oxygen atoms in total. The molecule has 156 valence electrons. The number of benzene rings is 1. The summed E-state index contributed by atoms with van der Waals surface area (Å²) in [7, 11) is 0. The number of carboxylic acid groups (broad SMARTS) is 1. The van der Waals surface area contributed by atoms with Gasteiger partial charge in [-0.2, -0.15) is 0 Å². The van der Waals surface area contributed by atoms with Crippen LogP contribution in [0.3, 0.4) is 0 Å². The molecule has 1 aromatic carbocycles. The van der Waals surface area contributed by atoms with Crippen LogP contribution >= 0.6 is 23.1 Å². The number of nitrogens with one attached hydrogen (secondary N) is 1. The number of β-lactam (4-membered cyclic amide) rings is 1. The fraction of sp³-hybridized carbons (Fsp3) is 0.263. The summed E-state index contributed by atoms with van der Waals surface area (Å²) in [5.74, 6) is -1.79. The van der Waals surface area contributed by atoms with Gasteiger partial charge in [0, 0.05) is 11.1 Å². The van der Waals surface area contributed by atoms with Crippen LogP contribution in [-0.2, 0) is 20.8 Å². The second-order valence-electron chi connectivity index (χ2n) is 6.88. The third kappa shape index (κ3) is 3.39. The Morgan fingerprint density at radius 3 is 2.67 bits per heavy atom. The van der Waals surface area contributed by atoms with Crippen LogP contribution in [0.4, 0.5) is 0 Å². The van der Waals surface area contributed by atoms with Crippen LogP contribution in [0, 0.1) is 0 Å². The molecule has 4 rings (SSSR count). The maximum absolute atomic E-state index is 12.4. The molecule has 0 spiro atoms. The highest BCUT2D eigenvalue weighted by Gasteiger charge is 2.53. The van der Waals surface area contributed by atoms with Crippen LogP contribution in [0.2, 0.25) is 0 Å². The van der Waals surface area contributed by atoms with E-state index in [0.29, 0.717) is 22.0 Å². The number of phenolic OH excluding ortho intramolecular Hbond substituents is 2. The molecule has 2 aliphatic rings. The number of phenols is 2.